The number of anilines is 1. The van der Waals surface area contributed by atoms with Crippen molar-refractivity contribution >= 4 is 11.6 Å². The summed E-state index contributed by atoms with van der Waals surface area (Å²) in [4.78, 5) is 25.1. The lowest BCUT2D eigenvalue weighted by molar-refractivity contribution is 0.0996. The second kappa shape index (κ2) is 3.83. The third kappa shape index (κ3) is 1.96. The molecule has 0 saturated heterocycles. The van der Waals surface area contributed by atoms with Crippen molar-refractivity contribution in [3.8, 4) is 0 Å². The summed E-state index contributed by atoms with van der Waals surface area (Å²) in [5.41, 5.74) is -0.156. The summed E-state index contributed by atoms with van der Waals surface area (Å²) in [6.07, 6.45) is 2.88. The van der Waals surface area contributed by atoms with Crippen LogP contribution in [0.5, 0.6) is 0 Å². The first kappa shape index (κ1) is 9.26. The Hall–Kier alpha value is -2.30. The maximum atomic E-state index is 11.5. The number of pyridine rings is 1. The monoisotopic (exact) mass is 204 g/mol. The molecule has 0 aliphatic carbocycles. The van der Waals surface area contributed by atoms with Crippen LogP contribution in [-0.4, -0.2) is 10.9 Å². The van der Waals surface area contributed by atoms with Crippen LogP contribution in [0.15, 0.2) is 45.9 Å². The third-order valence-electron chi connectivity index (χ3n) is 1.81. The fraction of sp³-hybridized carbons (Fsp3) is 0. The van der Waals surface area contributed by atoms with Crippen molar-refractivity contribution < 1.29 is 9.21 Å². The largest absolute Gasteiger partial charge is 0.459 e. The summed E-state index contributed by atoms with van der Waals surface area (Å²) in [6.45, 7) is 0. The van der Waals surface area contributed by atoms with Crippen LogP contribution in [0.4, 0.5) is 5.69 Å². The zero-order chi connectivity index (χ0) is 10.7. The molecule has 5 heteroatoms. The Morgan fingerprint density at radius 3 is 2.87 bits per heavy atom. The highest BCUT2D eigenvalue weighted by molar-refractivity contribution is 6.02. The molecule has 0 fully saturated rings. The molecule has 0 spiro atoms. The number of amides is 1. The van der Waals surface area contributed by atoms with E-state index in [0.29, 0.717) is 0 Å². The molecule has 1 amide bonds. The molecule has 0 unspecified atom stereocenters. The van der Waals surface area contributed by atoms with E-state index in [1.54, 1.807) is 12.1 Å². The van der Waals surface area contributed by atoms with Crippen molar-refractivity contribution in [2.45, 2.75) is 0 Å². The number of furan rings is 1. The van der Waals surface area contributed by atoms with Gasteiger partial charge < -0.3 is 14.7 Å². The van der Waals surface area contributed by atoms with Crippen molar-refractivity contribution in [2.75, 3.05) is 5.32 Å². The molecule has 15 heavy (non-hydrogen) atoms. The smallest absolute Gasteiger partial charge is 0.291 e. The Kier molecular flexibility index (Phi) is 2.37. The van der Waals surface area contributed by atoms with Crippen LogP contribution in [0.1, 0.15) is 10.6 Å². The van der Waals surface area contributed by atoms with E-state index in [1.165, 1.54) is 24.6 Å². The molecule has 0 radical (unpaired) electrons. The second-order valence-corrected chi connectivity index (χ2v) is 2.84. The first-order valence-corrected chi connectivity index (χ1v) is 4.30. The van der Waals surface area contributed by atoms with Crippen molar-refractivity contribution in [1.82, 2.24) is 4.98 Å². The first-order chi connectivity index (χ1) is 7.27. The summed E-state index contributed by atoms with van der Waals surface area (Å²) in [5.74, 6) is -0.282. The lowest BCUT2D eigenvalue weighted by atomic mass is 10.3. The lowest BCUT2D eigenvalue weighted by Crippen LogP contribution is -2.18. The molecule has 0 aromatic carbocycles. The minimum atomic E-state index is -0.447. The average Bonchev–Trinajstić information content (AvgIpc) is 2.74. The molecule has 2 aromatic rings. The Balaban J connectivity index is 2.20. The van der Waals surface area contributed by atoms with Crippen LogP contribution in [0.3, 0.4) is 0 Å². The average molecular weight is 204 g/mol. The predicted molar refractivity (Wildman–Crippen MR) is 53.7 cm³/mol. The van der Waals surface area contributed by atoms with E-state index in [0.717, 1.165) is 0 Å². The van der Waals surface area contributed by atoms with Gasteiger partial charge in [-0.3, -0.25) is 9.59 Å². The SMILES string of the molecule is O=C(Nc1ccc[nH]c1=O)c1ccco1. The van der Waals surface area contributed by atoms with Crippen molar-refractivity contribution in [3.05, 3.63) is 52.8 Å². The maximum Gasteiger partial charge on any atom is 0.291 e. The minimum absolute atomic E-state index is 0.165. The Morgan fingerprint density at radius 1 is 1.33 bits per heavy atom. The fourth-order valence-corrected chi connectivity index (χ4v) is 1.11. The number of H-pyrrole nitrogens is 1. The molecule has 0 bridgehead atoms. The lowest BCUT2D eigenvalue weighted by Gasteiger charge is -2.00. The summed E-state index contributed by atoms with van der Waals surface area (Å²) >= 11 is 0. The Morgan fingerprint density at radius 2 is 2.20 bits per heavy atom. The fourth-order valence-electron chi connectivity index (χ4n) is 1.11. The number of carbonyl (C=O) groups excluding carboxylic acids is 1. The first-order valence-electron chi connectivity index (χ1n) is 4.30. The molecule has 0 aliphatic heterocycles. The highest BCUT2D eigenvalue weighted by atomic mass is 16.3. The van der Waals surface area contributed by atoms with Crippen molar-refractivity contribution in [2.24, 2.45) is 0 Å². The number of aromatic nitrogens is 1. The molecule has 0 aliphatic rings. The van der Waals surface area contributed by atoms with Gasteiger partial charge in [0.15, 0.2) is 5.76 Å². The molecular formula is C10H8N2O3. The standard InChI is InChI=1S/C10H8N2O3/c13-9-7(3-1-5-11-9)12-10(14)8-4-2-6-15-8/h1-6H,(H,11,13)(H,12,14). The molecule has 2 N–H and O–H groups in total. The Labute approximate surface area is 84.7 Å². The highest BCUT2D eigenvalue weighted by Crippen LogP contribution is 2.04. The molecular weight excluding hydrogens is 196 g/mol. The van der Waals surface area contributed by atoms with Crippen LogP contribution < -0.4 is 10.9 Å². The number of aromatic amines is 1. The molecule has 5 nitrogen and oxygen atoms in total. The van der Waals surface area contributed by atoms with Gasteiger partial charge in [-0.1, -0.05) is 0 Å². The van der Waals surface area contributed by atoms with E-state index in [-0.39, 0.29) is 17.0 Å². The number of hydrogen-bond acceptors (Lipinski definition) is 3. The van der Waals surface area contributed by atoms with Gasteiger partial charge in [-0.25, -0.2) is 0 Å². The van der Waals surface area contributed by atoms with Gasteiger partial charge in [-0.15, -0.1) is 0 Å². The van der Waals surface area contributed by atoms with Crippen LogP contribution in [0.2, 0.25) is 0 Å². The van der Waals surface area contributed by atoms with Gasteiger partial charge in [0.05, 0.1) is 6.26 Å². The maximum absolute atomic E-state index is 11.5. The van der Waals surface area contributed by atoms with E-state index in [2.05, 4.69) is 10.3 Å². The zero-order valence-electron chi connectivity index (χ0n) is 7.69. The summed E-state index contributed by atoms with van der Waals surface area (Å²) in [7, 11) is 0. The summed E-state index contributed by atoms with van der Waals surface area (Å²) in [5, 5.41) is 2.44. The summed E-state index contributed by atoms with van der Waals surface area (Å²) in [6, 6.07) is 6.26. The van der Waals surface area contributed by atoms with Crippen LogP contribution in [0, 0.1) is 0 Å². The number of hydrogen-bond donors (Lipinski definition) is 2. The van der Waals surface area contributed by atoms with Gasteiger partial charge in [-0.2, -0.15) is 0 Å². The van der Waals surface area contributed by atoms with Gasteiger partial charge in [0, 0.05) is 6.20 Å². The van der Waals surface area contributed by atoms with Crippen LogP contribution in [0.25, 0.3) is 0 Å². The van der Waals surface area contributed by atoms with Crippen LogP contribution >= 0.6 is 0 Å². The number of carbonyl (C=O) groups is 1. The van der Waals surface area contributed by atoms with E-state index in [1.807, 2.05) is 0 Å². The Bertz CT molecular complexity index is 513. The van der Waals surface area contributed by atoms with E-state index in [4.69, 9.17) is 4.42 Å². The van der Waals surface area contributed by atoms with Crippen molar-refractivity contribution in [3.63, 3.8) is 0 Å². The van der Waals surface area contributed by atoms with Gasteiger partial charge in [-0.05, 0) is 24.3 Å². The minimum Gasteiger partial charge on any atom is -0.459 e. The number of nitrogens with one attached hydrogen (secondary N) is 2. The molecule has 2 rings (SSSR count). The van der Waals surface area contributed by atoms with Crippen molar-refractivity contribution in [1.29, 1.82) is 0 Å². The third-order valence-corrected chi connectivity index (χ3v) is 1.81. The normalized spacial score (nSPS) is 9.87. The quantitative estimate of drug-likeness (QED) is 0.772. The molecule has 2 heterocycles. The van der Waals surface area contributed by atoms with Gasteiger partial charge in [0.1, 0.15) is 5.69 Å². The van der Waals surface area contributed by atoms with E-state index in [9.17, 15) is 9.59 Å². The topological polar surface area (TPSA) is 75.1 Å². The predicted octanol–water partition coefficient (Wildman–Crippen LogP) is 1.22. The molecule has 0 atom stereocenters. The van der Waals surface area contributed by atoms with E-state index >= 15 is 0 Å². The molecule has 2 aromatic heterocycles. The zero-order valence-corrected chi connectivity index (χ0v) is 7.69. The number of rotatable bonds is 2. The second-order valence-electron chi connectivity index (χ2n) is 2.84. The molecule has 76 valence electrons. The van der Waals surface area contributed by atoms with Crippen LogP contribution in [-0.2, 0) is 0 Å². The van der Waals surface area contributed by atoms with Gasteiger partial charge in [0.25, 0.3) is 11.5 Å². The van der Waals surface area contributed by atoms with Gasteiger partial charge in [0.2, 0.25) is 0 Å². The molecule has 0 saturated carbocycles. The highest BCUT2D eigenvalue weighted by Gasteiger charge is 2.09. The summed E-state index contributed by atoms with van der Waals surface area (Å²) < 4.78 is 4.88. The van der Waals surface area contributed by atoms with E-state index < -0.39 is 5.91 Å². The van der Waals surface area contributed by atoms with Gasteiger partial charge >= 0.3 is 0 Å².